The zero-order valence-corrected chi connectivity index (χ0v) is 14.8. The van der Waals surface area contributed by atoms with E-state index in [0.29, 0.717) is 30.2 Å². The molecule has 1 aliphatic rings. The summed E-state index contributed by atoms with van der Waals surface area (Å²) in [5.41, 5.74) is 0.626. The summed E-state index contributed by atoms with van der Waals surface area (Å²) in [7, 11) is 1.88. The number of aromatic nitrogens is 2. The van der Waals surface area contributed by atoms with Gasteiger partial charge in [0.2, 0.25) is 0 Å². The van der Waals surface area contributed by atoms with Crippen LogP contribution in [0.1, 0.15) is 35.1 Å². The molecule has 0 spiro atoms. The Morgan fingerprint density at radius 3 is 2.65 bits per heavy atom. The number of carbonyl (C=O) groups is 1. The molecule has 0 radical (unpaired) electrons. The van der Waals surface area contributed by atoms with Crippen LogP contribution in [0.5, 0.6) is 5.75 Å². The molecule has 1 fully saturated rings. The second kappa shape index (κ2) is 8.07. The van der Waals surface area contributed by atoms with E-state index in [1.807, 2.05) is 22.7 Å². The van der Waals surface area contributed by atoms with Gasteiger partial charge in [-0.3, -0.25) is 4.79 Å². The van der Waals surface area contributed by atoms with Gasteiger partial charge in [0.25, 0.3) is 5.91 Å². The Labute approximate surface area is 153 Å². The molecule has 0 unspecified atom stereocenters. The van der Waals surface area contributed by atoms with Crippen LogP contribution in [0.3, 0.4) is 0 Å². The summed E-state index contributed by atoms with van der Waals surface area (Å²) in [6.45, 7) is 1.46. The molecule has 1 atom stereocenters. The number of likely N-dealkylation sites (tertiary alicyclic amines) is 1. The van der Waals surface area contributed by atoms with Gasteiger partial charge >= 0.3 is 0 Å². The predicted octanol–water partition coefficient (Wildman–Crippen LogP) is 2.02. The standard InChI is InChI=1S/C20H23N3O3/c1-3-14-26-17-6-4-16(5-7-17)20(25)23-11-8-15(9-12-23)18(24)19-21-10-13-22(19)2/h1,4-7,10,13,15,18,24H,8-9,11-12,14H2,2H3/t18-/m0/s1. The second-order valence-electron chi connectivity index (χ2n) is 6.49. The molecule has 1 amide bonds. The smallest absolute Gasteiger partial charge is 0.253 e. The number of imidazole rings is 1. The number of rotatable bonds is 5. The highest BCUT2D eigenvalue weighted by atomic mass is 16.5. The van der Waals surface area contributed by atoms with E-state index in [-0.39, 0.29) is 18.4 Å². The second-order valence-corrected chi connectivity index (χ2v) is 6.49. The van der Waals surface area contributed by atoms with Crippen molar-refractivity contribution in [1.82, 2.24) is 14.5 Å². The number of carbonyl (C=O) groups excluding carboxylic acids is 1. The SMILES string of the molecule is C#CCOc1ccc(C(=O)N2CCC([C@H](O)c3nccn3C)CC2)cc1. The molecule has 1 aromatic heterocycles. The van der Waals surface area contributed by atoms with Crippen LogP contribution >= 0.6 is 0 Å². The van der Waals surface area contributed by atoms with Crippen molar-refractivity contribution in [2.45, 2.75) is 18.9 Å². The van der Waals surface area contributed by atoms with Crippen molar-refractivity contribution in [3.8, 4) is 18.1 Å². The number of piperidine rings is 1. The monoisotopic (exact) mass is 353 g/mol. The third-order valence-electron chi connectivity index (χ3n) is 4.82. The maximum absolute atomic E-state index is 12.7. The van der Waals surface area contributed by atoms with Crippen molar-refractivity contribution in [1.29, 1.82) is 0 Å². The lowest BCUT2D eigenvalue weighted by Gasteiger charge is -2.34. The first kappa shape index (κ1) is 18.0. The minimum absolute atomic E-state index is 0.00145. The van der Waals surface area contributed by atoms with E-state index in [1.54, 1.807) is 30.5 Å². The van der Waals surface area contributed by atoms with Crippen molar-refractivity contribution >= 4 is 5.91 Å². The average molecular weight is 353 g/mol. The highest BCUT2D eigenvalue weighted by Crippen LogP contribution is 2.30. The summed E-state index contributed by atoms with van der Waals surface area (Å²) in [5.74, 6) is 3.85. The fourth-order valence-electron chi connectivity index (χ4n) is 3.29. The third-order valence-corrected chi connectivity index (χ3v) is 4.82. The Morgan fingerprint density at radius 1 is 1.38 bits per heavy atom. The van der Waals surface area contributed by atoms with Crippen LogP contribution in [0.4, 0.5) is 0 Å². The molecule has 1 aliphatic heterocycles. The summed E-state index contributed by atoms with van der Waals surface area (Å²) in [6, 6.07) is 7.01. The molecule has 3 rings (SSSR count). The maximum Gasteiger partial charge on any atom is 0.253 e. The van der Waals surface area contributed by atoms with Crippen molar-refractivity contribution in [2.24, 2.45) is 13.0 Å². The molecule has 1 saturated heterocycles. The van der Waals surface area contributed by atoms with Crippen molar-refractivity contribution < 1.29 is 14.6 Å². The quantitative estimate of drug-likeness (QED) is 0.835. The van der Waals surface area contributed by atoms with Gasteiger partial charge in [-0.05, 0) is 43.0 Å². The fraction of sp³-hybridized carbons (Fsp3) is 0.400. The molecular weight excluding hydrogens is 330 g/mol. The molecule has 2 aromatic rings. The lowest BCUT2D eigenvalue weighted by Crippen LogP contribution is -2.40. The van der Waals surface area contributed by atoms with Gasteiger partial charge < -0.3 is 19.3 Å². The Hall–Kier alpha value is -2.78. The van der Waals surface area contributed by atoms with E-state index in [9.17, 15) is 9.90 Å². The van der Waals surface area contributed by atoms with Gasteiger partial charge in [-0.1, -0.05) is 5.92 Å². The summed E-state index contributed by atoms with van der Waals surface area (Å²) in [6.07, 6.45) is 9.59. The molecule has 0 bridgehead atoms. The number of terminal acetylenes is 1. The fourth-order valence-corrected chi connectivity index (χ4v) is 3.29. The van der Waals surface area contributed by atoms with Gasteiger partial charge in [0.15, 0.2) is 0 Å². The molecule has 2 heterocycles. The lowest BCUT2D eigenvalue weighted by atomic mass is 9.90. The number of nitrogens with zero attached hydrogens (tertiary/aromatic N) is 3. The first-order valence-corrected chi connectivity index (χ1v) is 8.71. The Balaban J connectivity index is 1.56. The molecule has 0 saturated carbocycles. The average Bonchev–Trinajstić information content (AvgIpc) is 3.11. The molecule has 6 heteroatoms. The van der Waals surface area contributed by atoms with E-state index in [2.05, 4.69) is 10.9 Å². The summed E-state index contributed by atoms with van der Waals surface area (Å²) < 4.78 is 7.16. The first-order chi connectivity index (χ1) is 12.6. The molecular formula is C20H23N3O3. The van der Waals surface area contributed by atoms with Gasteiger partial charge in [-0.25, -0.2) is 4.98 Å². The highest BCUT2D eigenvalue weighted by molar-refractivity contribution is 5.94. The highest BCUT2D eigenvalue weighted by Gasteiger charge is 2.30. The van der Waals surface area contributed by atoms with Crippen LogP contribution in [-0.4, -0.2) is 45.2 Å². The number of amides is 1. The number of hydrogen-bond donors (Lipinski definition) is 1. The van der Waals surface area contributed by atoms with Crippen LogP contribution < -0.4 is 4.74 Å². The minimum atomic E-state index is -0.597. The van der Waals surface area contributed by atoms with Crippen molar-refractivity contribution in [3.05, 3.63) is 48.0 Å². The number of aliphatic hydroxyl groups is 1. The van der Waals surface area contributed by atoms with Crippen molar-refractivity contribution in [2.75, 3.05) is 19.7 Å². The van der Waals surface area contributed by atoms with Gasteiger partial charge in [0.05, 0.1) is 0 Å². The number of hydrogen-bond acceptors (Lipinski definition) is 4. The van der Waals surface area contributed by atoms with E-state index >= 15 is 0 Å². The molecule has 26 heavy (non-hydrogen) atoms. The third kappa shape index (κ3) is 3.89. The zero-order valence-electron chi connectivity index (χ0n) is 14.8. The largest absolute Gasteiger partial charge is 0.481 e. The molecule has 0 aliphatic carbocycles. The van der Waals surface area contributed by atoms with Crippen LogP contribution in [-0.2, 0) is 7.05 Å². The predicted molar refractivity (Wildman–Crippen MR) is 97.6 cm³/mol. The normalized spacial score (nSPS) is 16.1. The van der Waals surface area contributed by atoms with E-state index < -0.39 is 6.10 Å². The maximum atomic E-state index is 12.7. The van der Waals surface area contributed by atoms with Gasteiger partial charge in [0, 0.05) is 38.1 Å². The van der Waals surface area contributed by atoms with Gasteiger partial charge in [-0.15, -0.1) is 6.42 Å². The van der Waals surface area contributed by atoms with Crippen LogP contribution in [0, 0.1) is 18.3 Å². The lowest BCUT2D eigenvalue weighted by molar-refractivity contribution is 0.0420. The van der Waals surface area contributed by atoms with Crippen LogP contribution in [0.25, 0.3) is 0 Å². The van der Waals surface area contributed by atoms with E-state index in [4.69, 9.17) is 11.2 Å². The summed E-state index contributed by atoms with van der Waals surface area (Å²) in [5, 5.41) is 10.5. The van der Waals surface area contributed by atoms with Gasteiger partial charge in [0.1, 0.15) is 24.3 Å². The summed E-state index contributed by atoms with van der Waals surface area (Å²) >= 11 is 0. The molecule has 1 N–H and O–H groups in total. The zero-order chi connectivity index (χ0) is 18.5. The molecule has 6 nitrogen and oxygen atoms in total. The number of ether oxygens (including phenoxy) is 1. The van der Waals surface area contributed by atoms with Crippen LogP contribution in [0.15, 0.2) is 36.7 Å². The summed E-state index contributed by atoms with van der Waals surface area (Å²) in [4.78, 5) is 18.7. The number of benzene rings is 1. The number of aliphatic hydroxyl groups excluding tert-OH is 1. The number of aryl methyl sites for hydroxylation is 1. The molecule has 1 aromatic carbocycles. The molecule has 136 valence electrons. The van der Waals surface area contributed by atoms with Crippen molar-refractivity contribution in [3.63, 3.8) is 0 Å². The van der Waals surface area contributed by atoms with E-state index in [0.717, 1.165) is 12.8 Å². The van der Waals surface area contributed by atoms with Gasteiger partial charge in [-0.2, -0.15) is 0 Å². The minimum Gasteiger partial charge on any atom is -0.481 e. The van der Waals surface area contributed by atoms with E-state index in [1.165, 1.54) is 0 Å². The Kier molecular flexibility index (Phi) is 5.59. The Morgan fingerprint density at radius 2 is 2.08 bits per heavy atom. The Bertz CT molecular complexity index is 783. The topological polar surface area (TPSA) is 67.6 Å². The first-order valence-electron chi connectivity index (χ1n) is 8.71. The van der Waals surface area contributed by atoms with Crippen LogP contribution in [0.2, 0.25) is 0 Å².